The highest BCUT2D eigenvalue weighted by Gasteiger charge is 2.51. The number of carbonyl (C=O) groups excluding carboxylic acids is 1. The van der Waals surface area contributed by atoms with Crippen molar-refractivity contribution < 1.29 is 13.9 Å². The van der Waals surface area contributed by atoms with Gasteiger partial charge in [-0.1, -0.05) is 31.6 Å². The fraction of sp³-hybridized carbons (Fsp3) is 0.400. The molecule has 1 N–H and O–H groups in total. The van der Waals surface area contributed by atoms with Crippen LogP contribution in [0.1, 0.15) is 33.6 Å². The largest absolute Gasteiger partial charge is 0.494 e. The lowest BCUT2D eigenvalue weighted by molar-refractivity contribution is -0.00666. The predicted octanol–water partition coefficient (Wildman–Crippen LogP) is 6.26. The molecule has 0 aromatic heterocycles. The summed E-state index contributed by atoms with van der Waals surface area (Å²) in [5.41, 5.74) is 2.82. The van der Waals surface area contributed by atoms with Gasteiger partial charge in [-0.15, -0.1) is 0 Å². The van der Waals surface area contributed by atoms with Crippen LogP contribution in [0.25, 0.3) is 0 Å². The van der Waals surface area contributed by atoms with Gasteiger partial charge in [0, 0.05) is 17.9 Å². The summed E-state index contributed by atoms with van der Waals surface area (Å²) in [4.78, 5) is 15.0. The lowest BCUT2D eigenvalue weighted by Gasteiger charge is -2.57. The van der Waals surface area contributed by atoms with Crippen LogP contribution in [0.4, 0.5) is 20.6 Å². The Morgan fingerprint density at radius 3 is 2.63 bits per heavy atom. The van der Waals surface area contributed by atoms with Crippen molar-refractivity contribution in [2.24, 2.45) is 17.3 Å². The van der Waals surface area contributed by atoms with E-state index in [0.29, 0.717) is 24.8 Å². The number of anilines is 2. The first-order valence-electron chi connectivity index (χ1n) is 10.6. The lowest BCUT2D eigenvalue weighted by atomic mass is 9.49. The monoisotopic (exact) mass is 408 g/mol. The number of ether oxygens (including phenoxy) is 1. The standard InChI is InChI=1S/C25H29FN2O2/c1-4-30-22-12-10-21(11-13-22)28(24(29)27-20-7-5-6-19(26)15-20)16-17-8-9-18-14-23(17)25(18,2)3/h5-8,10-13,15,18,23H,4,9,14,16H2,1-3H3,(H,27,29). The Hall–Kier alpha value is -2.82. The second-order valence-corrected chi connectivity index (χ2v) is 8.77. The fourth-order valence-corrected chi connectivity index (χ4v) is 4.76. The highest BCUT2D eigenvalue weighted by Crippen LogP contribution is 2.59. The van der Waals surface area contributed by atoms with Crippen molar-refractivity contribution in [2.75, 3.05) is 23.4 Å². The van der Waals surface area contributed by atoms with Crippen molar-refractivity contribution in [3.8, 4) is 5.75 Å². The van der Waals surface area contributed by atoms with E-state index in [9.17, 15) is 9.18 Å². The molecular formula is C25H29FN2O2. The highest BCUT2D eigenvalue weighted by atomic mass is 19.1. The van der Waals surface area contributed by atoms with E-state index in [-0.39, 0.29) is 17.3 Å². The number of nitrogens with zero attached hydrogens (tertiary/aromatic N) is 1. The molecule has 2 bridgehead atoms. The average molecular weight is 409 g/mol. The first kappa shape index (κ1) is 20.5. The SMILES string of the molecule is CCOc1ccc(N(CC2=CCC3CC2C3(C)C)C(=O)Nc2cccc(F)c2)cc1. The number of benzene rings is 2. The quantitative estimate of drug-likeness (QED) is 0.574. The second kappa shape index (κ2) is 8.13. The number of hydrogen-bond donors (Lipinski definition) is 1. The van der Waals surface area contributed by atoms with Gasteiger partial charge in [0.2, 0.25) is 0 Å². The molecular weight excluding hydrogens is 379 g/mol. The Morgan fingerprint density at radius 1 is 1.23 bits per heavy atom. The van der Waals surface area contributed by atoms with Crippen molar-refractivity contribution in [1.82, 2.24) is 0 Å². The number of fused-ring (bicyclic) bond motifs is 1. The Morgan fingerprint density at radius 2 is 2.00 bits per heavy atom. The van der Waals surface area contributed by atoms with Crippen LogP contribution in [0, 0.1) is 23.1 Å². The molecule has 1 saturated carbocycles. The van der Waals surface area contributed by atoms with E-state index >= 15 is 0 Å². The predicted molar refractivity (Wildman–Crippen MR) is 118 cm³/mol. The first-order chi connectivity index (χ1) is 14.4. The van der Waals surface area contributed by atoms with Crippen molar-refractivity contribution >= 4 is 17.4 Å². The Bertz CT molecular complexity index is 952. The summed E-state index contributed by atoms with van der Waals surface area (Å²) in [6.07, 6.45) is 4.57. The third kappa shape index (κ3) is 3.93. The molecule has 5 rings (SSSR count). The molecule has 1 fully saturated rings. The number of carbonyl (C=O) groups is 1. The molecule has 0 heterocycles. The summed E-state index contributed by atoms with van der Waals surface area (Å²) in [7, 11) is 0. The zero-order valence-corrected chi connectivity index (χ0v) is 17.8. The van der Waals surface area contributed by atoms with Gasteiger partial charge in [-0.05, 0) is 79.5 Å². The summed E-state index contributed by atoms with van der Waals surface area (Å²) in [5, 5.41) is 2.85. The molecule has 0 radical (unpaired) electrons. The zero-order valence-electron chi connectivity index (χ0n) is 17.8. The van der Waals surface area contributed by atoms with E-state index in [1.54, 1.807) is 17.0 Å². The molecule has 0 aliphatic heterocycles. The number of hydrogen-bond acceptors (Lipinski definition) is 2. The number of urea groups is 1. The maximum Gasteiger partial charge on any atom is 0.326 e. The molecule has 2 atom stereocenters. The van der Waals surface area contributed by atoms with Crippen LogP contribution in [-0.2, 0) is 0 Å². The first-order valence-corrected chi connectivity index (χ1v) is 10.6. The van der Waals surface area contributed by atoms with Gasteiger partial charge in [-0.2, -0.15) is 0 Å². The summed E-state index contributed by atoms with van der Waals surface area (Å²) in [6.45, 7) is 7.71. The molecule has 30 heavy (non-hydrogen) atoms. The van der Waals surface area contributed by atoms with Crippen LogP contribution >= 0.6 is 0 Å². The van der Waals surface area contributed by atoms with Crippen LogP contribution in [0.5, 0.6) is 5.75 Å². The van der Waals surface area contributed by atoms with Crippen molar-refractivity contribution in [1.29, 1.82) is 0 Å². The average Bonchev–Trinajstić information content (AvgIpc) is 2.73. The maximum atomic E-state index is 13.6. The van der Waals surface area contributed by atoms with Gasteiger partial charge in [-0.3, -0.25) is 4.90 Å². The minimum Gasteiger partial charge on any atom is -0.494 e. The van der Waals surface area contributed by atoms with Crippen molar-refractivity contribution in [2.45, 2.75) is 33.6 Å². The summed E-state index contributed by atoms with van der Waals surface area (Å²) >= 11 is 0. The normalized spacial score (nSPS) is 21.3. The minimum absolute atomic E-state index is 0.273. The van der Waals surface area contributed by atoms with Crippen LogP contribution in [0.2, 0.25) is 0 Å². The van der Waals surface area contributed by atoms with E-state index in [4.69, 9.17) is 4.74 Å². The second-order valence-electron chi connectivity index (χ2n) is 8.77. The van der Waals surface area contributed by atoms with Crippen LogP contribution in [0.15, 0.2) is 60.2 Å². The molecule has 158 valence electrons. The van der Waals surface area contributed by atoms with Gasteiger partial charge < -0.3 is 10.1 Å². The molecule has 2 aromatic rings. The fourth-order valence-electron chi connectivity index (χ4n) is 4.76. The summed E-state index contributed by atoms with van der Waals surface area (Å²) in [5.74, 6) is 1.64. The molecule has 2 aromatic carbocycles. The zero-order chi connectivity index (χ0) is 21.3. The number of allylic oxidation sites excluding steroid dienone is 1. The van der Waals surface area contributed by atoms with Gasteiger partial charge in [0.1, 0.15) is 11.6 Å². The molecule has 4 nitrogen and oxygen atoms in total. The number of rotatable bonds is 6. The van der Waals surface area contributed by atoms with Crippen LogP contribution in [0.3, 0.4) is 0 Å². The van der Waals surface area contributed by atoms with E-state index in [0.717, 1.165) is 23.8 Å². The van der Waals surface area contributed by atoms with Gasteiger partial charge in [0.25, 0.3) is 0 Å². The van der Waals surface area contributed by atoms with Gasteiger partial charge in [0.15, 0.2) is 0 Å². The van der Waals surface area contributed by atoms with E-state index in [1.165, 1.54) is 24.1 Å². The van der Waals surface area contributed by atoms with Crippen LogP contribution < -0.4 is 15.0 Å². The van der Waals surface area contributed by atoms with E-state index in [2.05, 4.69) is 25.2 Å². The third-order valence-corrected chi connectivity index (χ3v) is 6.70. The van der Waals surface area contributed by atoms with Gasteiger partial charge in [0.05, 0.1) is 6.61 Å². The Balaban J connectivity index is 1.59. The molecule has 5 heteroatoms. The third-order valence-electron chi connectivity index (χ3n) is 6.70. The molecule has 0 saturated heterocycles. The van der Waals surface area contributed by atoms with Crippen LogP contribution in [-0.4, -0.2) is 19.2 Å². The molecule has 0 spiro atoms. The van der Waals surface area contributed by atoms with Gasteiger partial charge in [-0.25, -0.2) is 9.18 Å². The summed E-state index contributed by atoms with van der Waals surface area (Å²) < 4.78 is 19.1. The molecule has 2 amide bonds. The molecule has 3 aliphatic carbocycles. The summed E-state index contributed by atoms with van der Waals surface area (Å²) in [6, 6.07) is 13.2. The Kier molecular flexibility index (Phi) is 5.54. The van der Waals surface area contributed by atoms with Crippen molar-refractivity contribution in [3.05, 3.63) is 66.0 Å². The molecule has 2 unspecified atom stereocenters. The minimum atomic E-state index is -0.377. The van der Waals surface area contributed by atoms with E-state index < -0.39 is 0 Å². The number of amides is 2. The Labute approximate surface area is 177 Å². The smallest absolute Gasteiger partial charge is 0.326 e. The van der Waals surface area contributed by atoms with Gasteiger partial charge >= 0.3 is 6.03 Å². The molecule has 3 aliphatic rings. The topological polar surface area (TPSA) is 41.6 Å². The maximum absolute atomic E-state index is 13.6. The van der Waals surface area contributed by atoms with Crippen molar-refractivity contribution in [3.63, 3.8) is 0 Å². The van der Waals surface area contributed by atoms with E-state index in [1.807, 2.05) is 31.2 Å². The number of halogens is 1. The highest BCUT2D eigenvalue weighted by molar-refractivity contribution is 6.02. The number of nitrogens with one attached hydrogen (secondary N) is 1. The lowest BCUT2D eigenvalue weighted by Crippen LogP contribution is -2.50.